The topological polar surface area (TPSA) is 87.0 Å². The van der Waals surface area contributed by atoms with Gasteiger partial charge in [0.15, 0.2) is 0 Å². The fraction of sp³-hybridized carbons (Fsp3) is 0.316. The molecule has 0 aliphatic carbocycles. The number of fused-ring (bicyclic) bond motifs is 1. The molecule has 11 heteroatoms. The summed E-state index contributed by atoms with van der Waals surface area (Å²) in [6, 6.07) is 3.49. The Bertz CT molecular complexity index is 1080. The molecule has 4 heterocycles. The molecule has 1 aliphatic heterocycles. The number of nitrogens with one attached hydrogen (secondary N) is 1. The molecule has 4 rings (SSSR count). The maximum atomic E-state index is 13.2. The van der Waals surface area contributed by atoms with Crippen LogP contribution in [0.25, 0.3) is 5.65 Å². The number of rotatable bonds is 4. The average molecular weight is 422 g/mol. The molecule has 1 unspecified atom stereocenters. The SMILES string of the molecule is COc1cc2nc(C3COCCO3)cn2cc1NC(=O)c1ncccc1C(F)(F)F. The Morgan fingerprint density at radius 1 is 1.33 bits per heavy atom. The van der Waals surface area contributed by atoms with Crippen LogP contribution in [0, 0.1) is 0 Å². The van der Waals surface area contributed by atoms with Crippen molar-refractivity contribution in [3.8, 4) is 5.75 Å². The van der Waals surface area contributed by atoms with Crippen molar-refractivity contribution in [1.82, 2.24) is 14.4 Å². The van der Waals surface area contributed by atoms with E-state index in [1.54, 1.807) is 16.7 Å². The van der Waals surface area contributed by atoms with Gasteiger partial charge in [0.05, 0.1) is 38.2 Å². The lowest BCUT2D eigenvalue weighted by Crippen LogP contribution is -2.22. The van der Waals surface area contributed by atoms with Crippen LogP contribution < -0.4 is 10.1 Å². The number of ether oxygens (including phenoxy) is 3. The summed E-state index contributed by atoms with van der Waals surface area (Å²) in [5.41, 5.74) is -0.543. The zero-order chi connectivity index (χ0) is 21.3. The van der Waals surface area contributed by atoms with Crippen LogP contribution in [0.3, 0.4) is 0 Å². The third-order valence-corrected chi connectivity index (χ3v) is 4.52. The second-order valence-electron chi connectivity index (χ2n) is 6.47. The molecule has 158 valence electrons. The zero-order valence-electron chi connectivity index (χ0n) is 15.8. The molecule has 1 atom stereocenters. The number of imidazole rings is 1. The van der Waals surface area contributed by atoms with Crippen molar-refractivity contribution in [3.05, 3.63) is 53.7 Å². The highest BCUT2D eigenvalue weighted by molar-refractivity contribution is 6.04. The van der Waals surface area contributed by atoms with E-state index < -0.39 is 23.3 Å². The Morgan fingerprint density at radius 3 is 2.87 bits per heavy atom. The third kappa shape index (κ3) is 3.94. The maximum Gasteiger partial charge on any atom is 0.418 e. The van der Waals surface area contributed by atoms with E-state index in [9.17, 15) is 18.0 Å². The zero-order valence-corrected chi connectivity index (χ0v) is 15.8. The monoisotopic (exact) mass is 422 g/mol. The summed E-state index contributed by atoms with van der Waals surface area (Å²) in [5.74, 6) is -0.775. The fourth-order valence-electron chi connectivity index (χ4n) is 3.11. The number of anilines is 1. The van der Waals surface area contributed by atoms with Crippen molar-refractivity contribution < 1.29 is 32.2 Å². The van der Waals surface area contributed by atoms with E-state index in [2.05, 4.69) is 15.3 Å². The number of pyridine rings is 2. The predicted molar refractivity (Wildman–Crippen MR) is 98.4 cm³/mol. The number of carbonyl (C=O) groups is 1. The van der Waals surface area contributed by atoms with E-state index in [4.69, 9.17) is 14.2 Å². The van der Waals surface area contributed by atoms with E-state index >= 15 is 0 Å². The molecule has 0 radical (unpaired) electrons. The number of halogens is 3. The summed E-state index contributed by atoms with van der Waals surface area (Å²) >= 11 is 0. The van der Waals surface area contributed by atoms with Crippen LogP contribution in [-0.2, 0) is 15.7 Å². The van der Waals surface area contributed by atoms with Gasteiger partial charge in [0.2, 0.25) is 0 Å². The van der Waals surface area contributed by atoms with Crippen LogP contribution in [0.2, 0.25) is 0 Å². The van der Waals surface area contributed by atoms with Crippen LogP contribution >= 0.6 is 0 Å². The molecule has 3 aromatic rings. The van der Waals surface area contributed by atoms with E-state index in [1.807, 2.05) is 0 Å². The average Bonchev–Trinajstić information content (AvgIpc) is 3.16. The van der Waals surface area contributed by atoms with Crippen LogP contribution in [0.15, 0.2) is 36.8 Å². The lowest BCUT2D eigenvalue weighted by Gasteiger charge is -2.20. The molecule has 1 aliphatic rings. The Balaban J connectivity index is 1.66. The third-order valence-electron chi connectivity index (χ3n) is 4.52. The molecule has 0 spiro atoms. The first-order valence-corrected chi connectivity index (χ1v) is 8.96. The van der Waals surface area contributed by atoms with Crippen LogP contribution in [0.1, 0.15) is 27.8 Å². The summed E-state index contributed by atoms with van der Waals surface area (Å²) in [6.45, 7) is 1.33. The van der Waals surface area contributed by atoms with E-state index in [0.29, 0.717) is 31.2 Å². The van der Waals surface area contributed by atoms with Crippen molar-refractivity contribution in [1.29, 1.82) is 0 Å². The highest BCUT2D eigenvalue weighted by Gasteiger charge is 2.36. The van der Waals surface area contributed by atoms with Gasteiger partial charge in [0.1, 0.15) is 28.9 Å². The minimum atomic E-state index is -4.71. The summed E-state index contributed by atoms with van der Waals surface area (Å²) in [6.07, 6.45) is -0.714. The quantitative estimate of drug-likeness (QED) is 0.695. The van der Waals surface area contributed by atoms with Gasteiger partial charge in [-0.15, -0.1) is 0 Å². The number of methoxy groups -OCH3 is 1. The minimum absolute atomic E-state index is 0.165. The first-order chi connectivity index (χ1) is 14.4. The lowest BCUT2D eigenvalue weighted by atomic mass is 10.1. The number of hydrogen-bond acceptors (Lipinski definition) is 6. The van der Waals surface area contributed by atoms with E-state index in [1.165, 1.54) is 13.3 Å². The van der Waals surface area contributed by atoms with Crippen molar-refractivity contribution in [3.63, 3.8) is 0 Å². The molecule has 1 saturated heterocycles. The summed E-state index contributed by atoms with van der Waals surface area (Å²) in [7, 11) is 1.38. The highest BCUT2D eigenvalue weighted by Crippen LogP contribution is 2.32. The fourth-order valence-corrected chi connectivity index (χ4v) is 3.11. The second-order valence-corrected chi connectivity index (χ2v) is 6.47. The summed E-state index contributed by atoms with van der Waals surface area (Å²) in [4.78, 5) is 20.6. The molecular weight excluding hydrogens is 405 g/mol. The molecule has 0 aromatic carbocycles. The number of nitrogens with zero attached hydrogens (tertiary/aromatic N) is 3. The van der Waals surface area contributed by atoms with Crippen molar-refractivity contribution >= 4 is 17.2 Å². The van der Waals surface area contributed by atoms with Crippen molar-refractivity contribution in [2.75, 3.05) is 32.2 Å². The summed E-state index contributed by atoms with van der Waals surface area (Å²) < 4.78 is 57.5. The Morgan fingerprint density at radius 2 is 2.17 bits per heavy atom. The van der Waals surface area contributed by atoms with Gasteiger partial charge in [-0.1, -0.05) is 0 Å². The number of aromatic nitrogens is 3. The lowest BCUT2D eigenvalue weighted by molar-refractivity contribution is -0.138. The highest BCUT2D eigenvalue weighted by atomic mass is 19.4. The predicted octanol–water partition coefficient (Wildman–Crippen LogP) is 3.10. The summed E-state index contributed by atoms with van der Waals surface area (Å²) in [5, 5.41) is 2.44. The number of alkyl halides is 3. The molecule has 30 heavy (non-hydrogen) atoms. The smallest absolute Gasteiger partial charge is 0.418 e. The van der Waals surface area contributed by atoms with Gasteiger partial charge < -0.3 is 23.9 Å². The molecule has 0 bridgehead atoms. The first-order valence-electron chi connectivity index (χ1n) is 8.96. The Hall–Kier alpha value is -3.18. The van der Waals surface area contributed by atoms with Gasteiger partial charge >= 0.3 is 6.18 Å². The van der Waals surface area contributed by atoms with E-state index in [0.717, 1.165) is 18.3 Å². The van der Waals surface area contributed by atoms with Gasteiger partial charge in [-0.25, -0.2) is 4.98 Å². The molecule has 3 aromatic heterocycles. The van der Waals surface area contributed by atoms with Gasteiger partial charge in [0, 0.05) is 24.7 Å². The molecular formula is C19H17F3N4O4. The molecule has 1 fully saturated rings. The number of hydrogen-bond donors (Lipinski definition) is 1. The normalized spacial score (nSPS) is 17.1. The Labute approximate surface area is 168 Å². The molecule has 1 N–H and O–H groups in total. The van der Waals surface area contributed by atoms with Crippen LogP contribution in [0.5, 0.6) is 5.75 Å². The number of amides is 1. The molecule has 0 saturated carbocycles. The maximum absolute atomic E-state index is 13.2. The van der Waals surface area contributed by atoms with Crippen molar-refractivity contribution in [2.24, 2.45) is 0 Å². The van der Waals surface area contributed by atoms with Gasteiger partial charge in [-0.05, 0) is 12.1 Å². The van der Waals surface area contributed by atoms with Gasteiger partial charge in [0.25, 0.3) is 5.91 Å². The van der Waals surface area contributed by atoms with Crippen LogP contribution in [-0.4, -0.2) is 47.2 Å². The van der Waals surface area contributed by atoms with Gasteiger partial charge in [-0.2, -0.15) is 13.2 Å². The minimum Gasteiger partial charge on any atom is -0.494 e. The largest absolute Gasteiger partial charge is 0.494 e. The Kier molecular flexibility index (Phi) is 5.31. The second kappa shape index (κ2) is 7.92. The molecule has 8 nitrogen and oxygen atoms in total. The van der Waals surface area contributed by atoms with E-state index in [-0.39, 0.29) is 17.5 Å². The van der Waals surface area contributed by atoms with Crippen molar-refractivity contribution in [2.45, 2.75) is 12.3 Å². The first kappa shape index (κ1) is 20.1. The molecule has 1 amide bonds. The van der Waals surface area contributed by atoms with Gasteiger partial charge in [-0.3, -0.25) is 9.78 Å². The van der Waals surface area contributed by atoms with Crippen LogP contribution in [0.4, 0.5) is 18.9 Å². The number of carbonyl (C=O) groups excluding carboxylic acids is 1. The standard InChI is InChI=1S/C19H17F3N4O4/c1-28-14-7-16-24-13(15-10-29-5-6-30-15)9-26(16)8-12(14)25-18(27)17-11(19(20,21)22)3-2-4-23-17/h2-4,7-9,15H,5-6,10H2,1H3,(H,25,27).